The lowest BCUT2D eigenvalue weighted by Gasteiger charge is -2.08. The lowest BCUT2D eigenvalue weighted by molar-refractivity contribution is -0.141. The zero-order valence-corrected chi connectivity index (χ0v) is 6.75. The van der Waals surface area contributed by atoms with E-state index >= 15 is 0 Å². The first kappa shape index (κ1) is 8.53. The van der Waals surface area contributed by atoms with Crippen LogP contribution in [0.1, 0.15) is 26.2 Å². The van der Waals surface area contributed by atoms with Gasteiger partial charge < -0.3 is 9.84 Å². The molecule has 0 unspecified atom stereocenters. The SMILES string of the molecule is CCO[C@H]1CC[C@@H](C(=O)O)C1. The molecule has 1 aliphatic rings. The minimum Gasteiger partial charge on any atom is -0.481 e. The van der Waals surface area contributed by atoms with Crippen molar-refractivity contribution in [1.82, 2.24) is 0 Å². The van der Waals surface area contributed by atoms with Crippen LogP contribution in [0.2, 0.25) is 0 Å². The van der Waals surface area contributed by atoms with E-state index < -0.39 is 5.97 Å². The first-order chi connectivity index (χ1) is 5.24. The van der Waals surface area contributed by atoms with E-state index in [4.69, 9.17) is 9.84 Å². The van der Waals surface area contributed by atoms with Gasteiger partial charge in [0.25, 0.3) is 0 Å². The zero-order chi connectivity index (χ0) is 8.27. The van der Waals surface area contributed by atoms with E-state index in [1.54, 1.807) is 0 Å². The molecule has 0 aliphatic heterocycles. The fraction of sp³-hybridized carbons (Fsp3) is 0.875. The van der Waals surface area contributed by atoms with Crippen molar-refractivity contribution >= 4 is 5.97 Å². The van der Waals surface area contributed by atoms with Crippen LogP contribution in [0.5, 0.6) is 0 Å². The van der Waals surface area contributed by atoms with Crippen molar-refractivity contribution in [3.8, 4) is 0 Å². The lowest BCUT2D eigenvalue weighted by atomic mass is 10.1. The number of rotatable bonds is 3. The predicted octanol–water partition coefficient (Wildman–Crippen LogP) is 1.28. The average molecular weight is 158 g/mol. The van der Waals surface area contributed by atoms with Gasteiger partial charge in [0.05, 0.1) is 12.0 Å². The summed E-state index contributed by atoms with van der Waals surface area (Å²) in [5, 5.41) is 8.64. The maximum absolute atomic E-state index is 10.5. The summed E-state index contributed by atoms with van der Waals surface area (Å²) in [4.78, 5) is 10.5. The number of carbonyl (C=O) groups is 1. The Morgan fingerprint density at radius 3 is 2.82 bits per heavy atom. The smallest absolute Gasteiger partial charge is 0.306 e. The maximum atomic E-state index is 10.5. The summed E-state index contributed by atoms with van der Waals surface area (Å²) in [6.07, 6.45) is 2.58. The fourth-order valence-electron chi connectivity index (χ4n) is 1.55. The molecule has 64 valence electrons. The minimum absolute atomic E-state index is 0.161. The maximum Gasteiger partial charge on any atom is 0.306 e. The highest BCUT2D eigenvalue weighted by atomic mass is 16.5. The molecule has 0 aromatic heterocycles. The molecule has 1 fully saturated rings. The molecule has 3 heteroatoms. The molecule has 0 saturated heterocycles. The number of ether oxygens (including phenoxy) is 1. The molecule has 1 aliphatic carbocycles. The number of hydrogen-bond donors (Lipinski definition) is 1. The summed E-state index contributed by atoms with van der Waals surface area (Å²) in [6.45, 7) is 2.63. The van der Waals surface area contributed by atoms with Crippen LogP contribution in [0.25, 0.3) is 0 Å². The van der Waals surface area contributed by atoms with E-state index in [0.29, 0.717) is 13.0 Å². The molecule has 3 nitrogen and oxygen atoms in total. The van der Waals surface area contributed by atoms with Gasteiger partial charge in [-0.3, -0.25) is 4.79 Å². The molecule has 0 spiro atoms. The Labute approximate surface area is 66.4 Å². The van der Waals surface area contributed by atoms with Gasteiger partial charge in [0.1, 0.15) is 0 Å². The van der Waals surface area contributed by atoms with E-state index in [2.05, 4.69) is 0 Å². The van der Waals surface area contributed by atoms with Crippen LogP contribution < -0.4 is 0 Å². The second-order valence-electron chi connectivity index (χ2n) is 2.93. The molecule has 0 amide bonds. The van der Waals surface area contributed by atoms with Gasteiger partial charge in [-0.15, -0.1) is 0 Å². The van der Waals surface area contributed by atoms with Gasteiger partial charge in [-0.25, -0.2) is 0 Å². The van der Waals surface area contributed by atoms with E-state index in [1.807, 2.05) is 6.92 Å². The summed E-state index contributed by atoms with van der Waals surface area (Å²) in [7, 11) is 0. The third kappa shape index (κ3) is 2.19. The second-order valence-corrected chi connectivity index (χ2v) is 2.93. The van der Waals surface area contributed by atoms with Crippen molar-refractivity contribution < 1.29 is 14.6 Å². The minimum atomic E-state index is -0.674. The summed E-state index contributed by atoms with van der Waals surface area (Å²) >= 11 is 0. The standard InChI is InChI=1S/C8H14O3/c1-2-11-7-4-3-6(5-7)8(9)10/h6-7H,2-5H2,1H3,(H,9,10)/t6-,7+/m1/s1. The molecule has 1 rings (SSSR count). The number of aliphatic carboxylic acids is 1. The van der Waals surface area contributed by atoms with Crippen LogP contribution in [0.4, 0.5) is 0 Å². The highest BCUT2D eigenvalue weighted by Crippen LogP contribution is 2.27. The largest absolute Gasteiger partial charge is 0.481 e. The van der Waals surface area contributed by atoms with Crippen LogP contribution in [-0.2, 0) is 9.53 Å². The quantitative estimate of drug-likeness (QED) is 0.673. The van der Waals surface area contributed by atoms with Gasteiger partial charge in [-0.1, -0.05) is 0 Å². The average Bonchev–Trinajstić information content (AvgIpc) is 2.37. The lowest BCUT2D eigenvalue weighted by Crippen LogP contribution is -2.13. The van der Waals surface area contributed by atoms with Gasteiger partial charge in [-0.05, 0) is 26.2 Å². The van der Waals surface area contributed by atoms with Crippen molar-refractivity contribution in [2.75, 3.05) is 6.61 Å². The van der Waals surface area contributed by atoms with Crippen LogP contribution in [0.15, 0.2) is 0 Å². The Hall–Kier alpha value is -0.570. The van der Waals surface area contributed by atoms with Gasteiger partial charge in [0.15, 0.2) is 0 Å². The van der Waals surface area contributed by atoms with Crippen LogP contribution in [0, 0.1) is 5.92 Å². The van der Waals surface area contributed by atoms with E-state index in [1.165, 1.54) is 0 Å². The molecule has 0 aromatic carbocycles. The van der Waals surface area contributed by atoms with E-state index in [0.717, 1.165) is 12.8 Å². The first-order valence-electron chi connectivity index (χ1n) is 4.08. The highest BCUT2D eigenvalue weighted by molar-refractivity contribution is 5.70. The molecule has 11 heavy (non-hydrogen) atoms. The molecule has 0 bridgehead atoms. The summed E-state index contributed by atoms with van der Waals surface area (Å²) in [5.41, 5.74) is 0. The number of hydrogen-bond acceptors (Lipinski definition) is 2. The van der Waals surface area contributed by atoms with Crippen molar-refractivity contribution in [2.24, 2.45) is 5.92 Å². The van der Waals surface area contributed by atoms with Crippen molar-refractivity contribution in [1.29, 1.82) is 0 Å². The van der Waals surface area contributed by atoms with Crippen molar-refractivity contribution in [3.05, 3.63) is 0 Å². The van der Waals surface area contributed by atoms with Gasteiger partial charge in [0, 0.05) is 6.61 Å². The van der Waals surface area contributed by atoms with Gasteiger partial charge in [-0.2, -0.15) is 0 Å². The molecule has 1 saturated carbocycles. The van der Waals surface area contributed by atoms with E-state index in [-0.39, 0.29) is 12.0 Å². The van der Waals surface area contributed by atoms with Crippen molar-refractivity contribution in [2.45, 2.75) is 32.3 Å². The Morgan fingerprint density at radius 2 is 2.36 bits per heavy atom. The van der Waals surface area contributed by atoms with Gasteiger partial charge >= 0.3 is 5.97 Å². The first-order valence-corrected chi connectivity index (χ1v) is 4.08. The van der Waals surface area contributed by atoms with Crippen LogP contribution in [-0.4, -0.2) is 23.8 Å². The molecule has 1 N–H and O–H groups in total. The Morgan fingerprint density at radius 1 is 1.64 bits per heavy atom. The second kappa shape index (κ2) is 3.72. The van der Waals surface area contributed by atoms with Crippen molar-refractivity contribution in [3.63, 3.8) is 0 Å². The molecule has 2 atom stereocenters. The summed E-state index contributed by atoms with van der Waals surface area (Å²) < 4.78 is 5.32. The Balaban J connectivity index is 2.29. The van der Waals surface area contributed by atoms with Gasteiger partial charge in [0.2, 0.25) is 0 Å². The third-order valence-electron chi connectivity index (χ3n) is 2.14. The van der Waals surface area contributed by atoms with E-state index in [9.17, 15) is 4.79 Å². The topological polar surface area (TPSA) is 46.5 Å². The zero-order valence-electron chi connectivity index (χ0n) is 6.75. The molecule has 0 heterocycles. The van der Waals surface area contributed by atoms with Crippen LogP contribution in [0.3, 0.4) is 0 Å². The normalized spacial score (nSPS) is 30.6. The molecule has 0 aromatic rings. The number of carboxylic acids is 1. The summed E-state index contributed by atoms with van der Waals surface area (Å²) in [6, 6.07) is 0. The molecular formula is C8H14O3. The highest BCUT2D eigenvalue weighted by Gasteiger charge is 2.29. The predicted molar refractivity (Wildman–Crippen MR) is 40.4 cm³/mol. The molecular weight excluding hydrogens is 144 g/mol. The van der Waals surface area contributed by atoms with Crippen LogP contribution >= 0.6 is 0 Å². The third-order valence-corrected chi connectivity index (χ3v) is 2.14. The Kier molecular flexibility index (Phi) is 2.88. The Bertz CT molecular complexity index is 144. The number of carboxylic acid groups (broad SMARTS) is 1. The monoisotopic (exact) mass is 158 g/mol. The molecule has 0 radical (unpaired) electrons. The summed E-state index contributed by atoms with van der Waals surface area (Å²) in [5.74, 6) is -0.834. The fourth-order valence-corrected chi connectivity index (χ4v) is 1.55.